The molecule has 100 valence electrons. The average molecular weight is 324 g/mol. The van der Waals surface area contributed by atoms with Crippen molar-refractivity contribution in [3.8, 4) is 5.75 Å². The molecule has 1 aromatic carbocycles. The molecule has 1 aromatic heterocycles. The van der Waals surface area contributed by atoms with Crippen molar-refractivity contribution in [3.63, 3.8) is 0 Å². The van der Waals surface area contributed by atoms with Gasteiger partial charge in [0.25, 0.3) is 0 Å². The van der Waals surface area contributed by atoms with Crippen LogP contribution in [-0.4, -0.2) is 10.1 Å². The number of halogens is 1. The van der Waals surface area contributed by atoms with Crippen LogP contribution < -0.4 is 10.5 Å². The van der Waals surface area contributed by atoms with E-state index in [1.54, 1.807) is 0 Å². The zero-order valence-electron chi connectivity index (χ0n) is 10.3. The second-order valence-corrected chi connectivity index (χ2v) is 5.40. The van der Waals surface area contributed by atoms with E-state index in [9.17, 15) is 0 Å². The number of nitrogens with two attached hydrogens (primary N) is 1. The zero-order chi connectivity index (χ0) is 13.2. The maximum absolute atomic E-state index is 5.75. The van der Waals surface area contributed by atoms with E-state index in [4.69, 9.17) is 15.0 Å². The molecule has 3 rings (SSSR count). The number of para-hydroxylation sites is 1. The fourth-order valence-electron chi connectivity index (χ4n) is 1.83. The number of benzene rings is 1. The molecule has 1 aliphatic carbocycles. The predicted octanol–water partition coefficient (Wildman–Crippen LogP) is 2.75. The van der Waals surface area contributed by atoms with Gasteiger partial charge in [0.2, 0.25) is 11.7 Å². The third-order valence-electron chi connectivity index (χ3n) is 3.02. The van der Waals surface area contributed by atoms with Crippen molar-refractivity contribution in [2.45, 2.75) is 31.9 Å². The van der Waals surface area contributed by atoms with Gasteiger partial charge in [0.15, 0.2) is 6.61 Å². The Kier molecular flexibility index (Phi) is 3.52. The fraction of sp³-hybridized carbons (Fsp3) is 0.385. The minimum Gasteiger partial charge on any atom is -0.484 e. The molecule has 0 unspecified atom stereocenters. The first kappa shape index (κ1) is 12.6. The highest BCUT2D eigenvalue weighted by Crippen LogP contribution is 2.39. The van der Waals surface area contributed by atoms with Gasteiger partial charge in [-0.1, -0.05) is 17.3 Å². The Morgan fingerprint density at radius 2 is 2.26 bits per heavy atom. The second kappa shape index (κ2) is 5.30. The summed E-state index contributed by atoms with van der Waals surface area (Å²) in [7, 11) is 0. The van der Waals surface area contributed by atoms with E-state index in [-0.39, 0.29) is 6.61 Å². The molecule has 6 heteroatoms. The Balaban J connectivity index is 1.71. The standard InChI is InChI=1S/C13H14BrN3O2/c14-10-3-1-2-9(6-15)12(10)18-7-11-16-13(19-17-11)8-4-5-8/h1-3,8H,4-7,15H2. The van der Waals surface area contributed by atoms with E-state index in [1.807, 2.05) is 18.2 Å². The van der Waals surface area contributed by atoms with Gasteiger partial charge in [-0.2, -0.15) is 4.98 Å². The molecule has 0 amide bonds. The lowest BCUT2D eigenvalue weighted by Crippen LogP contribution is -2.04. The Bertz CT molecular complexity index is 581. The van der Waals surface area contributed by atoms with Crippen molar-refractivity contribution in [1.29, 1.82) is 0 Å². The molecule has 5 nitrogen and oxygen atoms in total. The van der Waals surface area contributed by atoms with Crippen LogP contribution in [-0.2, 0) is 13.2 Å². The first-order chi connectivity index (χ1) is 9.28. The molecule has 1 aliphatic rings. The third-order valence-corrected chi connectivity index (χ3v) is 3.65. The van der Waals surface area contributed by atoms with Gasteiger partial charge in [-0.05, 0) is 34.8 Å². The maximum Gasteiger partial charge on any atom is 0.229 e. The second-order valence-electron chi connectivity index (χ2n) is 4.54. The topological polar surface area (TPSA) is 74.2 Å². The summed E-state index contributed by atoms with van der Waals surface area (Å²) >= 11 is 3.46. The van der Waals surface area contributed by atoms with Crippen LogP contribution in [0.25, 0.3) is 0 Å². The van der Waals surface area contributed by atoms with Crippen LogP contribution in [0.2, 0.25) is 0 Å². The van der Waals surface area contributed by atoms with Crippen LogP contribution in [0.4, 0.5) is 0 Å². The van der Waals surface area contributed by atoms with Gasteiger partial charge in [0.05, 0.1) is 4.47 Å². The fourth-order valence-corrected chi connectivity index (χ4v) is 2.36. The van der Waals surface area contributed by atoms with Crippen LogP contribution in [0.1, 0.15) is 36.0 Å². The highest BCUT2D eigenvalue weighted by molar-refractivity contribution is 9.10. The van der Waals surface area contributed by atoms with Crippen molar-refractivity contribution in [2.24, 2.45) is 5.73 Å². The third kappa shape index (κ3) is 2.79. The van der Waals surface area contributed by atoms with Gasteiger partial charge >= 0.3 is 0 Å². The van der Waals surface area contributed by atoms with Crippen LogP contribution >= 0.6 is 15.9 Å². The summed E-state index contributed by atoms with van der Waals surface area (Å²) in [5.74, 6) is 2.50. The SMILES string of the molecule is NCc1cccc(Br)c1OCc1noc(C2CC2)n1. The summed E-state index contributed by atoms with van der Waals surface area (Å²) in [6, 6.07) is 5.78. The molecule has 0 saturated heterocycles. The van der Waals surface area contributed by atoms with Crippen LogP contribution in [0.5, 0.6) is 5.75 Å². The average Bonchev–Trinajstić information content (AvgIpc) is 3.17. The summed E-state index contributed by atoms with van der Waals surface area (Å²) in [4.78, 5) is 4.32. The number of nitrogens with zero attached hydrogens (tertiary/aromatic N) is 2. The summed E-state index contributed by atoms with van der Waals surface area (Å²) < 4.78 is 11.8. The largest absolute Gasteiger partial charge is 0.484 e. The van der Waals surface area contributed by atoms with Crippen LogP contribution in [0.15, 0.2) is 27.2 Å². The summed E-state index contributed by atoms with van der Waals surface area (Å²) in [6.07, 6.45) is 2.29. The molecule has 0 radical (unpaired) electrons. The minimum atomic E-state index is 0.284. The first-order valence-electron chi connectivity index (χ1n) is 6.20. The molecule has 1 heterocycles. The molecular formula is C13H14BrN3O2. The van der Waals surface area contributed by atoms with Gasteiger partial charge < -0.3 is 15.0 Å². The minimum absolute atomic E-state index is 0.284. The van der Waals surface area contributed by atoms with Gasteiger partial charge in [0.1, 0.15) is 5.75 Å². The molecule has 2 N–H and O–H groups in total. The van der Waals surface area contributed by atoms with Crippen molar-refractivity contribution < 1.29 is 9.26 Å². The molecule has 1 fully saturated rings. The normalized spacial score (nSPS) is 14.6. The summed E-state index contributed by atoms with van der Waals surface area (Å²) in [5.41, 5.74) is 6.63. The number of hydrogen-bond acceptors (Lipinski definition) is 5. The highest BCUT2D eigenvalue weighted by Gasteiger charge is 2.29. The van der Waals surface area contributed by atoms with Crippen molar-refractivity contribution >= 4 is 15.9 Å². The quantitative estimate of drug-likeness (QED) is 0.915. The Morgan fingerprint density at radius 3 is 3.00 bits per heavy atom. The van der Waals surface area contributed by atoms with E-state index in [2.05, 4.69) is 26.1 Å². The maximum atomic E-state index is 5.75. The van der Waals surface area contributed by atoms with E-state index >= 15 is 0 Å². The van der Waals surface area contributed by atoms with Gasteiger partial charge in [-0.25, -0.2) is 0 Å². The molecule has 0 bridgehead atoms. The summed E-state index contributed by atoms with van der Waals surface area (Å²) in [5, 5.41) is 3.92. The molecular weight excluding hydrogens is 310 g/mol. The molecule has 0 atom stereocenters. The lowest BCUT2D eigenvalue weighted by Gasteiger charge is -2.10. The van der Waals surface area contributed by atoms with E-state index in [0.717, 1.165) is 34.5 Å². The predicted molar refractivity (Wildman–Crippen MR) is 72.6 cm³/mol. The molecule has 0 spiro atoms. The molecule has 2 aromatic rings. The smallest absolute Gasteiger partial charge is 0.229 e. The van der Waals surface area contributed by atoms with Crippen LogP contribution in [0, 0.1) is 0 Å². The molecule has 19 heavy (non-hydrogen) atoms. The lowest BCUT2D eigenvalue weighted by atomic mass is 10.2. The Morgan fingerprint density at radius 1 is 1.42 bits per heavy atom. The van der Waals surface area contributed by atoms with Crippen molar-refractivity contribution in [3.05, 3.63) is 40.0 Å². The van der Waals surface area contributed by atoms with E-state index in [0.29, 0.717) is 18.3 Å². The van der Waals surface area contributed by atoms with Gasteiger partial charge in [0, 0.05) is 18.0 Å². The number of hydrogen-bond donors (Lipinski definition) is 1. The number of rotatable bonds is 5. The summed E-state index contributed by atoms with van der Waals surface area (Å²) in [6.45, 7) is 0.709. The molecule has 1 saturated carbocycles. The molecule has 0 aliphatic heterocycles. The van der Waals surface area contributed by atoms with Gasteiger partial charge in [-0.15, -0.1) is 0 Å². The first-order valence-corrected chi connectivity index (χ1v) is 7.00. The number of aromatic nitrogens is 2. The highest BCUT2D eigenvalue weighted by atomic mass is 79.9. The Hall–Kier alpha value is -1.40. The van der Waals surface area contributed by atoms with Crippen LogP contribution in [0.3, 0.4) is 0 Å². The van der Waals surface area contributed by atoms with Crippen molar-refractivity contribution in [2.75, 3.05) is 0 Å². The lowest BCUT2D eigenvalue weighted by molar-refractivity contribution is 0.281. The van der Waals surface area contributed by atoms with Gasteiger partial charge in [-0.3, -0.25) is 0 Å². The Labute approximate surface area is 119 Å². The van der Waals surface area contributed by atoms with E-state index in [1.165, 1.54) is 0 Å². The zero-order valence-corrected chi connectivity index (χ0v) is 11.9. The monoisotopic (exact) mass is 323 g/mol. The van der Waals surface area contributed by atoms with Crippen molar-refractivity contribution in [1.82, 2.24) is 10.1 Å². The van der Waals surface area contributed by atoms with E-state index < -0.39 is 0 Å². The number of ether oxygens (including phenoxy) is 1.